The van der Waals surface area contributed by atoms with Gasteiger partial charge >= 0.3 is 0 Å². The number of rotatable bonds is 2. The number of hydrogen-bond acceptors (Lipinski definition) is 2. The van der Waals surface area contributed by atoms with Crippen LogP contribution in [0.4, 0.5) is 0 Å². The van der Waals surface area contributed by atoms with Crippen molar-refractivity contribution in [3.63, 3.8) is 0 Å². The second kappa shape index (κ2) is 5.13. The quantitative estimate of drug-likeness (QED) is 0.650. The van der Waals surface area contributed by atoms with Gasteiger partial charge in [-0.2, -0.15) is 0 Å². The van der Waals surface area contributed by atoms with Crippen LogP contribution in [0.2, 0.25) is 0 Å². The lowest BCUT2D eigenvalue weighted by molar-refractivity contribution is 0.800. The molecule has 3 rings (SSSR count). The van der Waals surface area contributed by atoms with Gasteiger partial charge in [0.1, 0.15) is 5.69 Å². The molecule has 2 aromatic carbocycles. The molecule has 0 radical (unpaired) electrons. The predicted molar refractivity (Wildman–Crippen MR) is 84.2 cm³/mol. The van der Waals surface area contributed by atoms with E-state index in [1.54, 1.807) is 0 Å². The van der Waals surface area contributed by atoms with E-state index in [-0.39, 0.29) is 0 Å². The summed E-state index contributed by atoms with van der Waals surface area (Å²) in [4.78, 5) is 0. The molecule has 0 atom stereocenters. The molecule has 3 aromatic rings. The van der Waals surface area contributed by atoms with Crippen molar-refractivity contribution in [2.75, 3.05) is 0 Å². The molecule has 19 heavy (non-hydrogen) atoms. The minimum Gasteiger partial charge on any atom is -0.219 e. The van der Waals surface area contributed by atoms with Gasteiger partial charge in [0, 0.05) is 9.13 Å². The molecule has 0 N–H and O–H groups in total. The van der Waals surface area contributed by atoms with E-state index in [1.165, 1.54) is 5.56 Å². The third kappa shape index (κ3) is 2.53. The zero-order valence-corrected chi connectivity index (χ0v) is 12.6. The van der Waals surface area contributed by atoms with E-state index in [4.69, 9.17) is 0 Å². The number of halogens is 1. The second-order valence-corrected chi connectivity index (χ2v) is 5.53. The molecule has 0 aliphatic carbocycles. The molecule has 1 heterocycles. The second-order valence-electron chi connectivity index (χ2n) is 4.37. The summed E-state index contributed by atoms with van der Waals surface area (Å²) < 4.78 is 2.97. The highest BCUT2D eigenvalue weighted by Crippen LogP contribution is 2.20. The normalized spacial score (nSPS) is 10.6. The van der Waals surface area contributed by atoms with Crippen LogP contribution in [0, 0.1) is 10.5 Å². The van der Waals surface area contributed by atoms with E-state index in [2.05, 4.69) is 70.2 Å². The fourth-order valence-electron chi connectivity index (χ4n) is 1.88. The summed E-state index contributed by atoms with van der Waals surface area (Å²) in [5.74, 6) is 0. The Labute approximate surface area is 125 Å². The first-order valence-electron chi connectivity index (χ1n) is 5.98. The SMILES string of the molecule is Cc1ccc(-c2cn(-c3ccccc3I)nn2)cc1. The van der Waals surface area contributed by atoms with Crippen LogP contribution in [-0.4, -0.2) is 15.0 Å². The smallest absolute Gasteiger partial charge is 0.113 e. The summed E-state index contributed by atoms with van der Waals surface area (Å²) in [6.45, 7) is 2.08. The zero-order chi connectivity index (χ0) is 13.2. The van der Waals surface area contributed by atoms with Crippen LogP contribution in [0.15, 0.2) is 54.7 Å². The summed E-state index contributed by atoms with van der Waals surface area (Å²) >= 11 is 2.30. The van der Waals surface area contributed by atoms with Crippen molar-refractivity contribution in [2.45, 2.75) is 6.92 Å². The highest BCUT2D eigenvalue weighted by atomic mass is 127. The number of hydrogen-bond donors (Lipinski definition) is 0. The predicted octanol–water partition coefficient (Wildman–Crippen LogP) is 3.85. The molecule has 0 bridgehead atoms. The fraction of sp³-hybridized carbons (Fsp3) is 0.0667. The molecule has 94 valence electrons. The number of aryl methyl sites for hydroxylation is 1. The monoisotopic (exact) mass is 361 g/mol. The molecule has 0 fully saturated rings. The standard InChI is InChI=1S/C15H12IN3/c1-11-6-8-12(9-7-11)14-10-19(18-17-14)15-5-3-2-4-13(15)16/h2-10H,1H3. The summed E-state index contributed by atoms with van der Waals surface area (Å²) in [5, 5.41) is 8.45. The first kappa shape index (κ1) is 12.3. The highest BCUT2D eigenvalue weighted by molar-refractivity contribution is 14.1. The summed E-state index contributed by atoms with van der Waals surface area (Å²) in [7, 11) is 0. The van der Waals surface area contributed by atoms with Gasteiger partial charge in [0.05, 0.1) is 11.9 Å². The van der Waals surface area contributed by atoms with Gasteiger partial charge in [0.2, 0.25) is 0 Å². The highest BCUT2D eigenvalue weighted by Gasteiger charge is 2.07. The van der Waals surface area contributed by atoms with E-state index in [0.29, 0.717) is 0 Å². The maximum Gasteiger partial charge on any atom is 0.113 e. The summed E-state index contributed by atoms with van der Waals surface area (Å²) in [5.41, 5.74) is 4.27. The minimum atomic E-state index is 0.889. The zero-order valence-electron chi connectivity index (χ0n) is 10.4. The van der Waals surface area contributed by atoms with Crippen molar-refractivity contribution in [3.8, 4) is 16.9 Å². The maximum absolute atomic E-state index is 4.24. The number of para-hydroxylation sites is 1. The number of aromatic nitrogens is 3. The molecule has 0 unspecified atom stereocenters. The Morgan fingerprint density at radius 3 is 2.47 bits per heavy atom. The van der Waals surface area contributed by atoms with Gasteiger partial charge in [0.25, 0.3) is 0 Å². The Kier molecular flexibility index (Phi) is 3.33. The Balaban J connectivity index is 2.00. The lowest BCUT2D eigenvalue weighted by Crippen LogP contribution is -1.96. The Hall–Kier alpha value is -1.69. The third-order valence-corrected chi connectivity index (χ3v) is 3.85. The third-order valence-electron chi connectivity index (χ3n) is 2.94. The van der Waals surface area contributed by atoms with Crippen molar-refractivity contribution in [1.29, 1.82) is 0 Å². The van der Waals surface area contributed by atoms with E-state index in [9.17, 15) is 0 Å². The molecule has 4 heteroatoms. The van der Waals surface area contributed by atoms with Crippen LogP contribution in [0.1, 0.15) is 5.56 Å². The van der Waals surface area contributed by atoms with Crippen molar-refractivity contribution in [1.82, 2.24) is 15.0 Å². The van der Waals surface area contributed by atoms with Crippen molar-refractivity contribution < 1.29 is 0 Å². The van der Waals surface area contributed by atoms with Gasteiger partial charge in [-0.05, 0) is 41.6 Å². The van der Waals surface area contributed by atoms with Crippen LogP contribution in [0.3, 0.4) is 0 Å². The van der Waals surface area contributed by atoms with Crippen LogP contribution in [0.25, 0.3) is 16.9 Å². The first-order chi connectivity index (χ1) is 9.24. The molecule has 1 aromatic heterocycles. The van der Waals surface area contributed by atoms with Gasteiger partial charge in [-0.15, -0.1) is 5.10 Å². The van der Waals surface area contributed by atoms with Crippen LogP contribution in [-0.2, 0) is 0 Å². The van der Waals surface area contributed by atoms with E-state index < -0.39 is 0 Å². The molecule has 0 aliphatic rings. The molecule has 0 spiro atoms. The first-order valence-corrected chi connectivity index (χ1v) is 7.06. The topological polar surface area (TPSA) is 30.7 Å². The lowest BCUT2D eigenvalue weighted by Gasteiger charge is -2.01. The number of benzene rings is 2. The summed E-state index contributed by atoms with van der Waals surface area (Å²) in [6, 6.07) is 16.4. The average Bonchev–Trinajstić information content (AvgIpc) is 2.89. The molecule has 3 nitrogen and oxygen atoms in total. The van der Waals surface area contributed by atoms with E-state index >= 15 is 0 Å². The molecular formula is C15H12IN3. The Bertz CT molecular complexity index is 701. The molecule has 0 aliphatic heterocycles. The van der Waals surface area contributed by atoms with Gasteiger partial charge < -0.3 is 0 Å². The fourth-order valence-corrected chi connectivity index (χ4v) is 2.51. The largest absolute Gasteiger partial charge is 0.219 e. The minimum absolute atomic E-state index is 0.889. The van der Waals surface area contributed by atoms with Gasteiger partial charge in [-0.1, -0.05) is 47.2 Å². The van der Waals surface area contributed by atoms with Crippen molar-refractivity contribution in [3.05, 3.63) is 63.9 Å². The van der Waals surface area contributed by atoms with E-state index in [0.717, 1.165) is 20.5 Å². The average molecular weight is 361 g/mol. The number of nitrogens with zero attached hydrogens (tertiary/aromatic N) is 3. The van der Waals surface area contributed by atoms with E-state index in [1.807, 2.05) is 29.1 Å². The molecule has 0 saturated carbocycles. The van der Waals surface area contributed by atoms with Gasteiger partial charge in [0.15, 0.2) is 0 Å². The van der Waals surface area contributed by atoms with Crippen LogP contribution in [0.5, 0.6) is 0 Å². The van der Waals surface area contributed by atoms with Gasteiger partial charge in [-0.25, -0.2) is 4.68 Å². The van der Waals surface area contributed by atoms with Crippen LogP contribution < -0.4 is 0 Å². The van der Waals surface area contributed by atoms with Gasteiger partial charge in [-0.3, -0.25) is 0 Å². The lowest BCUT2D eigenvalue weighted by atomic mass is 10.1. The molecular weight excluding hydrogens is 349 g/mol. The van der Waals surface area contributed by atoms with Crippen molar-refractivity contribution in [2.24, 2.45) is 0 Å². The Morgan fingerprint density at radius 1 is 1.00 bits per heavy atom. The maximum atomic E-state index is 4.24. The van der Waals surface area contributed by atoms with Crippen LogP contribution >= 0.6 is 22.6 Å². The molecule has 0 saturated heterocycles. The Morgan fingerprint density at radius 2 is 1.74 bits per heavy atom. The van der Waals surface area contributed by atoms with Crippen molar-refractivity contribution >= 4 is 22.6 Å². The summed E-state index contributed by atoms with van der Waals surface area (Å²) in [6.07, 6.45) is 1.96. The molecule has 0 amide bonds.